The van der Waals surface area contributed by atoms with Crippen molar-refractivity contribution in [3.8, 4) is 11.3 Å². The van der Waals surface area contributed by atoms with E-state index >= 15 is 0 Å². The predicted octanol–water partition coefficient (Wildman–Crippen LogP) is 12.5. The summed E-state index contributed by atoms with van der Waals surface area (Å²) < 4.78 is 2.42. The van der Waals surface area contributed by atoms with E-state index in [4.69, 9.17) is 9.97 Å². The Hall–Kier alpha value is -3.48. The zero-order chi connectivity index (χ0) is 39.5. The average Bonchev–Trinajstić information content (AvgIpc) is 3.54. The van der Waals surface area contributed by atoms with E-state index in [-0.39, 0.29) is 47.9 Å². The molecule has 0 fully saturated rings. The van der Waals surface area contributed by atoms with Crippen molar-refractivity contribution in [1.29, 1.82) is 0 Å². The first-order chi connectivity index (χ1) is 25.5. The van der Waals surface area contributed by atoms with Crippen molar-refractivity contribution in [3.63, 3.8) is 0 Å². The number of rotatable bonds is 11. The van der Waals surface area contributed by atoms with Crippen LogP contribution in [0.1, 0.15) is 93.6 Å². The smallest absolute Gasteiger partial charge is 0.164 e. The fraction of sp³-hybridized carbons (Fsp3) is 0.396. The first-order valence-electron chi connectivity index (χ1n) is 19.6. The Balaban J connectivity index is 0.000000320. The molecular weight excluding hydrogens is 889 g/mol. The van der Waals surface area contributed by atoms with Gasteiger partial charge in [-0.3, -0.25) is 9.78 Å². The van der Waals surface area contributed by atoms with Crippen LogP contribution in [0.4, 0.5) is 0 Å². The molecule has 0 aliphatic heterocycles. The van der Waals surface area contributed by atoms with Crippen LogP contribution in [0.3, 0.4) is 0 Å². The number of carbonyl (C=O) groups excluding carboxylic acids is 1. The molecule has 0 saturated heterocycles. The quantitative estimate of drug-likeness (QED) is 0.0608. The number of thiophene rings is 1. The van der Waals surface area contributed by atoms with Gasteiger partial charge in [0.15, 0.2) is 5.78 Å². The number of nitrogens with zero attached hydrogens (tertiary/aromatic N) is 2. The molecule has 0 saturated carbocycles. The first kappa shape index (κ1) is 44.2. The molecule has 7 heteroatoms. The van der Waals surface area contributed by atoms with E-state index in [0.717, 1.165) is 59.0 Å². The van der Waals surface area contributed by atoms with Gasteiger partial charge in [0, 0.05) is 57.5 Å². The Bertz CT molecular complexity index is 2280. The van der Waals surface area contributed by atoms with Gasteiger partial charge in [-0.05, 0) is 49.1 Å². The normalized spacial score (nSPS) is 12.7. The van der Waals surface area contributed by atoms with E-state index in [1.165, 1.54) is 37.5 Å². The maximum absolute atomic E-state index is 12.2. The van der Waals surface area contributed by atoms with Gasteiger partial charge in [0.05, 0.1) is 13.6 Å². The van der Waals surface area contributed by atoms with Gasteiger partial charge in [-0.2, -0.15) is 0 Å². The van der Waals surface area contributed by atoms with E-state index in [1.807, 2.05) is 41.5 Å². The van der Waals surface area contributed by atoms with Crippen molar-refractivity contribution in [2.24, 2.45) is 16.2 Å². The molecule has 293 valence electrons. The molecule has 4 nitrogen and oxygen atoms in total. The van der Waals surface area contributed by atoms with Crippen LogP contribution in [0.2, 0.25) is 13.1 Å². The van der Waals surface area contributed by atoms with Crippen LogP contribution in [0.15, 0.2) is 97.0 Å². The number of carbonyl (C=O) groups is 1. The predicted molar refractivity (Wildman–Crippen MR) is 236 cm³/mol. The fourth-order valence-electron chi connectivity index (χ4n) is 7.10. The molecule has 0 spiro atoms. The third kappa shape index (κ3) is 9.56. The summed E-state index contributed by atoms with van der Waals surface area (Å²) in [5.41, 5.74) is 4.09. The van der Waals surface area contributed by atoms with Crippen LogP contribution in [-0.2, 0) is 31.3 Å². The summed E-state index contributed by atoms with van der Waals surface area (Å²) in [6, 6.07) is 32.6. The van der Waals surface area contributed by atoms with Crippen molar-refractivity contribution in [1.82, 2.24) is 9.97 Å². The molecule has 0 aliphatic rings. The fourth-order valence-corrected chi connectivity index (χ4v) is 11.1. The number of aliphatic hydroxyl groups excluding tert-OH is 1. The van der Waals surface area contributed by atoms with Gasteiger partial charge in [-0.15, -0.1) is 40.1 Å². The third-order valence-electron chi connectivity index (χ3n) is 11.9. The van der Waals surface area contributed by atoms with Crippen LogP contribution in [0, 0.1) is 22.3 Å². The van der Waals surface area contributed by atoms with Crippen LogP contribution < -0.4 is 10.4 Å². The molecule has 0 unspecified atom stereocenters. The van der Waals surface area contributed by atoms with E-state index in [2.05, 4.69) is 119 Å². The van der Waals surface area contributed by atoms with Gasteiger partial charge < -0.3 is 5.11 Å². The van der Waals surface area contributed by atoms with Crippen molar-refractivity contribution < 1.29 is 30.0 Å². The zero-order valence-electron chi connectivity index (χ0n) is 34.7. The van der Waals surface area contributed by atoms with Gasteiger partial charge in [0.2, 0.25) is 0 Å². The Labute approximate surface area is 348 Å². The minimum Gasteiger partial charge on any atom is -0.512 e. The molecule has 1 N–H and O–H groups in total. The van der Waals surface area contributed by atoms with E-state index in [9.17, 15) is 9.90 Å². The molecule has 6 rings (SSSR count). The van der Waals surface area contributed by atoms with Crippen molar-refractivity contribution in [3.05, 3.63) is 109 Å². The Kier molecular flexibility index (Phi) is 14.3. The number of ketones is 1. The summed E-state index contributed by atoms with van der Waals surface area (Å²) >= 11 is 1.80. The van der Waals surface area contributed by atoms with E-state index < -0.39 is 8.07 Å². The second-order valence-electron chi connectivity index (χ2n) is 17.1. The molecule has 0 bridgehead atoms. The molecule has 2 heterocycles. The molecular formula is C48H59IrN2O2SSi-. The van der Waals surface area contributed by atoms with E-state index in [0.29, 0.717) is 0 Å². The number of hydrogen-bond donors (Lipinski definition) is 1. The van der Waals surface area contributed by atoms with Crippen molar-refractivity contribution in [2.75, 3.05) is 0 Å². The monoisotopic (exact) mass is 948 g/mol. The third-order valence-corrected chi connectivity index (χ3v) is 16.5. The van der Waals surface area contributed by atoms with Crippen LogP contribution >= 0.6 is 11.3 Å². The average molecular weight is 948 g/mol. The van der Waals surface area contributed by atoms with Crippen LogP contribution in [0.5, 0.6) is 0 Å². The number of benzene rings is 4. The number of allylic oxidation sites excluding steroid dienone is 2. The summed E-state index contributed by atoms with van der Waals surface area (Å²) in [5.74, 6) is 0.286. The summed E-state index contributed by atoms with van der Waals surface area (Å²) in [6.45, 7) is 23.8. The molecule has 0 amide bonds. The minimum atomic E-state index is -1.97. The van der Waals surface area contributed by atoms with Gasteiger partial charge in [-0.1, -0.05) is 152 Å². The Morgan fingerprint density at radius 3 is 2.04 bits per heavy atom. The zero-order valence-corrected chi connectivity index (χ0v) is 38.9. The SMILES string of the molecule is CC(C)(C)Cc1ccc2c(c1)sc1c(-c3[c-]c4ccccc4c([Si](C)(C)c4ccccc4)c3)ncnc12.CCC(C)(CC)C(=O)/C=C(\O)C(C)(CC)CC.[Ir]. The molecule has 0 aliphatic carbocycles. The molecule has 0 atom stereocenters. The standard InChI is InChI=1S/C33H31N2SSi.C15H28O2.Ir/c1-33(2,3)20-22-15-16-27-28(17-22)36-32-30(34-21-35-31(27)32)24-18-23-11-9-10-14-26(23)29(19-24)37(4,5)25-12-7-6-8-13-25;1-7-14(5,8-2)12(16)11-13(17)15(6,9-3)10-4;/h6-17,19,21H,20H2,1-5H3;11,16H,7-10H2,1-6H3;/q-1;;/b;12-11-;. The second kappa shape index (κ2) is 17.8. The Morgan fingerprint density at radius 1 is 0.800 bits per heavy atom. The van der Waals surface area contributed by atoms with Crippen LogP contribution in [0.25, 0.3) is 42.3 Å². The summed E-state index contributed by atoms with van der Waals surface area (Å²) in [4.78, 5) is 21.8. The van der Waals surface area contributed by atoms with Crippen molar-refractivity contribution >= 4 is 66.6 Å². The largest absolute Gasteiger partial charge is 0.512 e. The molecule has 2 aromatic heterocycles. The van der Waals surface area contributed by atoms with Gasteiger partial charge in [0.25, 0.3) is 0 Å². The van der Waals surface area contributed by atoms with Gasteiger partial charge in [0.1, 0.15) is 12.1 Å². The topological polar surface area (TPSA) is 63.1 Å². The number of aromatic nitrogens is 2. The van der Waals surface area contributed by atoms with Gasteiger partial charge >= 0.3 is 0 Å². The first-order valence-corrected chi connectivity index (χ1v) is 23.4. The molecule has 1 radical (unpaired) electrons. The summed E-state index contributed by atoms with van der Waals surface area (Å²) in [7, 11) is -1.97. The Morgan fingerprint density at radius 2 is 1.42 bits per heavy atom. The van der Waals surface area contributed by atoms with Crippen molar-refractivity contribution in [2.45, 2.75) is 108 Å². The maximum Gasteiger partial charge on any atom is 0.164 e. The number of aliphatic hydroxyl groups is 1. The number of fused-ring (bicyclic) bond motifs is 4. The minimum absolute atomic E-state index is 0. The second-order valence-corrected chi connectivity index (χ2v) is 22.6. The maximum atomic E-state index is 12.2. The van der Waals surface area contributed by atoms with Gasteiger partial charge in [-0.25, -0.2) is 4.98 Å². The van der Waals surface area contributed by atoms with E-state index in [1.54, 1.807) is 17.7 Å². The molecule has 4 aromatic carbocycles. The van der Waals surface area contributed by atoms with Crippen LogP contribution in [-0.4, -0.2) is 28.9 Å². The molecule has 55 heavy (non-hydrogen) atoms. The summed E-state index contributed by atoms with van der Waals surface area (Å²) in [6.07, 6.45) is 7.52. The molecule has 6 aromatic rings. The summed E-state index contributed by atoms with van der Waals surface area (Å²) in [5, 5.41) is 16.6. The number of hydrogen-bond acceptors (Lipinski definition) is 5.